The SMILES string of the molecule is COc1cc(/C=C(/C#N)C(=O)NCCCc2ccccc2)c(Br)cc1OCc1cccc(F)c1. The zero-order chi connectivity index (χ0) is 24.3. The van der Waals surface area contributed by atoms with Gasteiger partial charge in [-0.25, -0.2) is 4.39 Å². The molecule has 0 fully saturated rings. The Kier molecular flexibility index (Phi) is 9.24. The number of nitrogens with one attached hydrogen (secondary N) is 1. The molecule has 0 bridgehead atoms. The van der Waals surface area contributed by atoms with Gasteiger partial charge in [-0.05, 0) is 59.9 Å². The van der Waals surface area contributed by atoms with Gasteiger partial charge in [-0.1, -0.05) is 58.4 Å². The molecule has 0 aliphatic carbocycles. The summed E-state index contributed by atoms with van der Waals surface area (Å²) < 4.78 is 25.2. The average molecular weight is 523 g/mol. The third-order valence-electron chi connectivity index (χ3n) is 5.00. The third-order valence-corrected chi connectivity index (χ3v) is 5.69. The summed E-state index contributed by atoms with van der Waals surface area (Å²) in [6.45, 7) is 0.620. The number of methoxy groups -OCH3 is 1. The normalized spacial score (nSPS) is 10.9. The molecule has 0 unspecified atom stereocenters. The van der Waals surface area contributed by atoms with Crippen molar-refractivity contribution in [3.8, 4) is 17.6 Å². The first-order valence-corrected chi connectivity index (χ1v) is 11.5. The van der Waals surface area contributed by atoms with Crippen LogP contribution in [0.5, 0.6) is 11.5 Å². The van der Waals surface area contributed by atoms with Crippen molar-refractivity contribution < 1.29 is 18.7 Å². The Balaban J connectivity index is 1.66. The van der Waals surface area contributed by atoms with Gasteiger partial charge in [-0.3, -0.25) is 4.79 Å². The minimum atomic E-state index is -0.437. The summed E-state index contributed by atoms with van der Waals surface area (Å²) in [6, 6.07) is 21.5. The molecule has 5 nitrogen and oxygen atoms in total. The van der Waals surface area contributed by atoms with Crippen molar-refractivity contribution in [2.24, 2.45) is 0 Å². The van der Waals surface area contributed by atoms with Crippen LogP contribution in [0.25, 0.3) is 6.08 Å². The summed E-state index contributed by atoms with van der Waals surface area (Å²) in [7, 11) is 1.50. The van der Waals surface area contributed by atoms with E-state index in [9.17, 15) is 14.4 Å². The summed E-state index contributed by atoms with van der Waals surface area (Å²) in [5, 5.41) is 12.3. The molecule has 3 aromatic carbocycles. The number of nitrogens with zero attached hydrogens (tertiary/aromatic N) is 1. The van der Waals surface area contributed by atoms with Gasteiger partial charge in [-0.2, -0.15) is 5.26 Å². The van der Waals surface area contributed by atoms with E-state index in [1.165, 1.54) is 30.9 Å². The van der Waals surface area contributed by atoms with Crippen molar-refractivity contribution in [3.63, 3.8) is 0 Å². The van der Waals surface area contributed by atoms with Crippen LogP contribution in [0.1, 0.15) is 23.1 Å². The molecule has 0 aromatic heterocycles. The van der Waals surface area contributed by atoms with Gasteiger partial charge in [0.15, 0.2) is 11.5 Å². The molecule has 0 saturated heterocycles. The van der Waals surface area contributed by atoms with Crippen LogP contribution in [0.4, 0.5) is 4.39 Å². The lowest BCUT2D eigenvalue weighted by Gasteiger charge is -2.13. The molecule has 0 radical (unpaired) electrons. The maximum absolute atomic E-state index is 13.4. The molecule has 0 heterocycles. The summed E-state index contributed by atoms with van der Waals surface area (Å²) in [5.41, 5.74) is 2.45. The van der Waals surface area contributed by atoms with Gasteiger partial charge in [0.25, 0.3) is 5.91 Å². The first-order valence-electron chi connectivity index (χ1n) is 10.7. The molecule has 0 saturated carbocycles. The summed E-state index contributed by atoms with van der Waals surface area (Å²) >= 11 is 3.46. The second-order valence-corrected chi connectivity index (χ2v) is 8.31. The second kappa shape index (κ2) is 12.6. The van der Waals surface area contributed by atoms with Crippen LogP contribution < -0.4 is 14.8 Å². The van der Waals surface area contributed by atoms with Crippen molar-refractivity contribution >= 4 is 27.9 Å². The number of nitriles is 1. The highest BCUT2D eigenvalue weighted by Gasteiger charge is 2.14. The van der Waals surface area contributed by atoms with Crippen LogP contribution in [-0.4, -0.2) is 19.6 Å². The van der Waals surface area contributed by atoms with E-state index >= 15 is 0 Å². The number of ether oxygens (including phenoxy) is 2. The number of hydrogen-bond donors (Lipinski definition) is 1. The quantitative estimate of drug-likeness (QED) is 0.206. The fourth-order valence-electron chi connectivity index (χ4n) is 3.26. The third kappa shape index (κ3) is 7.19. The Morgan fingerprint density at radius 2 is 1.85 bits per heavy atom. The zero-order valence-corrected chi connectivity index (χ0v) is 20.3. The molecule has 0 atom stereocenters. The Morgan fingerprint density at radius 3 is 2.56 bits per heavy atom. The molecular weight excluding hydrogens is 499 g/mol. The van der Waals surface area contributed by atoms with Crippen molar-refractivity contribution in [1.82, 2.24) is 5.32 Å². The number of hydrogen-bond acceptors (Lipinski definition) is 4. The maximum Gasteiger partial charge on any atom is 0.261 e. The number of amides is 1. The van der Waals surface area contributed by atoms with Gasteiger partial charge in [0, 0.05) is 11.0 Å². The molecule has 34 heavy (non-hydrogen) atoms. The Bertz CT molecular complexity index is 1210. The molecule has 3 rings (SSSR count). The molecule has 3 aromatic rings. The lowest BCUT2D eigenvalue weighted by molar-refractivity contribution is -0.117. The minimum absolute atomic E-state index is 0.0177. The Hall–Kier alpha value is -3.63. The predicted molar refractivity (Wildman–Crippen MR) is 133 cm³/mol. The molecule has 1 N–H and O–H groups in total. The highest BCUT2D eigenvalue weighted by atomic mass is 79.9. The number of halogens is 2. The smallest absolute Gasteiger partial charge is 0.261 e. The number of rotatable bonds is 10. The summed E-state index contributed by atoms with van der Waals surface area (Å²) in [4.78, 5) is 12.5. The van der Waals surface area contributed by atoms with E-state index in [1.807, 2.05) is 36.4 Å². The molecule has 0 aliphatic heterocycles. The van der Waals surface area contributed by atoms with E-state index in [4.69, 9.17) is 9.47 Å². The highest BCUT2D eigenvalue weighted by molar-refractivity contribution is 9.10. The fraction of sp³-hybridized carbons (Fsp3) is 0.185. The van der Waals surface area contributed by atoms with E-state index in [1.54, 1.807) is 24.3 Å². The molecule has 174 valence electrons. The minimum Gasteiger partial charge on any atom is -0.493 e. The van der Waals surface area contributed by atoms with Gasteiger partial charge in [0.2, 0.25) is 0 Å². The maximum atomic E-state index is 13.4. The van der Waals surface area contributed by atoms with Crippen molar-refractivity contribution in [1.29, 1.82) is 5.26 Å². The van der Waals surface area contributed by atoms with E-state index in [0.717, 1.165) is 12.8 Å². The summed E-state index contributed by atoms with van der Waals surface area (Å²) in [6.07, 6.45) is 3.10. The average Bonchev–Trinajstić information content (AvgIpc) is 2.85. The molecule has 7 heteroatoms. The molecule has 0 spiro atoms. The molecular formula is C27H24BrFN2O3. The van der Waals surface area contributed by atoms with Crippen molar-refractivity contribution in [2.75, 3.05) is 13.7 Å². The van der Waals surface area contributed by atoms with Crippen LogP contribution in [0.2, 0.25) is 0 Å². The van der Waals surface area contributed by atoms with Gasteiger partial charge >= 0.3 is 0 Å². The molecule has 0 aliphatic rings. The largest absolute Gasteiger partial charge is 0.493 e. The number of carbonyl (C=O) groups excluding carboxylic acids is 1. The van der Waals surface area contributed by atoms with Crippen LogP contribution in [0.15, 0.2) is 76.8 Å². The Morgan fingerprint density at radius 1 is 1.09 bits per heavy atom. The van der Waals surface area contributed by atoms with Gasteiger partial charge in [0.05, 0.1) is 7.11 Å². The first kappa shape index (κ1) is 25.0. The van der Waals surface area contributed by atoms with Crippen LogP contribution in [0.3, 0.4) is 0 Å². The van der Waals surface area contributed by atoms with E-state index in [-0.39, 0.29) is 18.0 Å². The van der Waals surface area contributed by atoms with Gasteiger partial charge < -0.3 is 14.8 Å². The fourth-order valence-corrected chi connectivity index (χ4v) is 3.70. The predicted octanol–water partition coefficient (Wildman–Crippen LogP) is 5.83. The highest BCUT2D eigenvalue weighted by Crippen LogP contribution is 2.35. The van der Waals surface area contributed by atoms with Gasteiger partial charge in [-0.15, -0.1) is 0 Å². The van der Waals surface area contributed by atoms with E-state index in [2.05, 4.69) is 21.2 Å². The van der Waals surface area contributed by atoms with Crippen LogP contribution in [0, 0.1) is 17.1 Å². The number of aryl methyl sites for hydroxylation is 1. The topological polar surface area (TPSA) is 71.3 Å². The van der Waals surface area contributed by atoms with Crippen LogP contribution in [-0.2, 0) is 17.8 Å². The number of benzene rings is 3. The van der Waals surface area contributed by atoms with Gasteiger partial charge in [0.1, 0.15) is 24.1 Å². The van der Waals surface area contributed by atoms with Crippen molar-refractivity contribution in [2.45, 2.75) is 19.4 Å². The van der Waals surface area contributed by atoms with E-state index in [0.29, 0.717) is 33.6 Å². The van der Waals surface area contributed by atoms with Crippen LogP contribution >= 0.6 is 15.9 Å². The Labute approximate surface area is 207 Å². The van der Waals surface area contributed by atoms with E-state index < -0.39 is 5.91 Å². The lowest BCUT2D eigenvalue weighted by atomic mass is 10.1. The monoisotopic (exact) mass is 522 g/mol. The lowest BCUT2D eigenvalue weighted by Crippen LogP contribution is -2.25. The standard InChI is InChI=1S/C27H24BrFN2O3/c1-33-25-15-21(24(28)16-26(25)34-18-20-9-5-11-23(29)13-20)14-22(17-30)27(32)31-12-6-10-19-7-3-2-4-8-19/h2-5,7-9,11,13-16H,6,10,12,18H2,1H3,(H,31,32)/b22-14-. The zero-order valence-electron chi connectivity index (χ0n) is 18.7. The molecule has 1 amide bonds. The van der Waals surface area contributed by atoms with Crippen molar-refractivity contribution in [3.05, 3.63) is 99.3 Å². The summed E-state index contributed by atoms with van der Waals surface area (Å²) in [5.74, 6) is 0.0936. The number of carbonyl (C=O) groups is 1. The second-order valence-electron chi connectivity index (χ2n) is 7.46. The first-order chi connectivity index (χ1) is 16.5.